The van der Waals surface area contributed by atoms with Gasteiger partial charge in [0.15, 0.2) is 0 Å². The molecule has 8 heteroatoms. The highest BCUT2D eigenvalue weighted by molar-refractivity contribution is 5.95. The highest BCUT2D eigenvalue weighted by Crippen LogP contribution is 2.19. The molecule has 2 heterocycles. The number of aromatic nitrogens is 3. The SMILES string of the molecule is COc1cncn1-n1c(CCc2ccccc2)cc(O)c(C(N)=O)c1=O. The molecule has 8 nitrogen and oxygen atoms in total. The zero-order valence-electron chi connectivity index (χ0n) is 14.1. The fraction of sp³-hybridized carbons (Fsp3) is 0.167. The van der Waals surface area contributed by atoms with Gasteiger partial charge in [-0.2, -0.15) is 0 Å². The number of carbonyl (C=O) groups excluding carboxylic acids is 1. The van der Waals surface area contributed by atoms with Crippen molar-refractivity contribution in [2.24, 2.45) is 5.73 Å². The molecule has 1 aromatic carbocycles. The molecule has 0 aliphatic heterocycles. The number of aryl methyl sites for hydroxylation is 2. The molecular weight excluding hydrogens is 336 g/mol. The zero-order chi connectivity index (χ0) is 18.7. The fourth-order valence-electron chi connectivity index (χ4n) is 2.77. The first-order valence-corrected chi connectivity index (χ1v) is 7.91. The molecule has 0 aliphatic rings. The number of rotatable bonds is 6. The summed E-state index contributed by atoms with van der Waals surface area (Å²) < 4.78 is 7.81. The topological polar surface area (TPSA) is 112 Å². The van der Waals surface area contributed by atoms with Gasteiger partial charge in [0.2, 0.25) is 5.88 Å². The maximum atomic E-state index is 12.8. The van der Waals surface area contributed by atoms with Crippen LogP contribution in [0, 0.1) is 0 Å². The first kappa shape index (κ1) is 17.3. The molecule has 0 fully saturated rings. The molecule has 3 aromatic rings. The molecule has 134 valence electrons. The van der Waals surface area contributed by atoms with Gasteiger partial charge in [-0.3, -0.25) is 9.59 Å². The second kappa shape index (κ2) is 7.14. The van der Waals surface area contributed by atoms with Crippen LogP contribution in [0.2, 0.25) is 0 Å². The number of benzene rings is 1. The van der Waals surface area contributed by atoms with Gasteiger partial charge >= 0.3 is 0 Å². The largest absolute Gasteiger partial charge is 0.507 e. The van der Waals surface area contributed by atoms with E-state index >= 15 is 0 Å². The number of imidazole rings is 1. The summed E-state index contributed by atoms with van der Waals surface area (Å²) in [5.74, 6) is -1.15. The Morgan fingerprint density at radius 1 is 1.27 bits per heavy atom. The van der Waals surface area contributed by atoms with Gasteiger partial charge in [0.1, 0.15) is 17.6 Å². The summed E-state index contributed by atoms with van der Waals surface area (Å²) in [5.41, 5.74) is 5.59. The summed E-state index contributed by atoms with van der Waals surface area (Å²) in [6.45, 7) is 0. The van der Waals surface area contributed by atoms with E-state index in [9.17, 15) is 14.7 Å². The standard InChI is InChI=1S/C18H18N4O4/c1-26-15-10-20-11-21(15)22-13(8-7-12-5-3-2-4-6-12)9-14(23)16(17(19)24)18(22)25/h2-6,9-11,23H,7-8H2,1H3,(H2,19,24). The smallest absolute Gasteiger partial charge is 0.286 e. The highest BCUT2D eigenvalue weighted by Gasteiger charge is 2.21. The third-order valence-corrected chi connectivity index (χ3v) is 4.01. The molecule has 0 spiro atoms. The number of hydrogen-bond donors (Lipinski definition) is 2. The molecule has 3 N–H and O–H groups in total. The lowest BCUT2D eigenvalue weighted by Crippen LogP contribution is -2.35. The Balaban J connectivity index is 2.13. The minimum absolute atomic E-state index is 0.300. The lowest BCUT2D eigenvalue weighted by molar-refractivity contribution is 0.0995. The molecule has 0 unspecified atom stereocenters. The van der Waals surface area contributed by atoms with Gasteiger partial charge < -0.3 is 15.6 Å². The summed E-state index contributed by atoms with van der Waals surface area (Å²) in [5, 5.41) is 10.1. The average Bonchev–Trinajstić information content (AvgIpc) is 3.08. The fourth-order valence-corrected chi connectivity index (χ4v) is 2.77. The summed E-state index contributed by atoms with van der Waals surface area (Å²) in [6, 6.07) is 11.1. The zero-order valence-corrected chi connectivity index (χ0v) is 14.1. The van der Waals surface area contributed by atoms with E-state index in [1.54, 1.807) is 0 Å². The van der Waals surface area contributed by atoms with E-state index in [1.165, 1.54) is 35.1 Å². The van der Waals surface area contributed by atoms with E-state index in [0.29, 0.717) is 24.4 Å². The molecule has 1 amide bonds. The number of methoxy groups -OCH3 is 1. The Labute approximate surface area is 149 Å². The highest BCUT2D eigenvalue weighted by atomic mass is 16.5. The molecule has 2 aromatic heterocycles. The lowest BCUT2D eigenvalue weighted by atomic mass is 10.1. The van der Waals surface area contributed by atoms with Crippen LogP contribution in [-0.4, -0.2) is 32.5 Å². The van der Waals surface area contributed by atoms with Gasteiger partial charge in [-0.25, -0.2) is 14.3 Å². The Morgan fingerprint density at radius 2 is 2.00 bits per heavy atom. The van der Waals surface area contributed by atoms with Gasteiger partial charge in [-0.1, -0.05) is 30.3 Å². The van der Waals surface area contributed by atoms with Crippen molar-refractivity contribution in [1.29, 1.82) is 0 Å². The molecule has 0 bridgehead atoms. The van der Waals surface area contributed by atoms with Crippen molar-refractivity contribution in [3.63, 3.8) is 0 Å². The minimum Gasteiger partial charge on any atom is -0.507 e. The van der Waals surface area contributed by atoms with Gasteiger partial charge in [-0.15, -0.1) is 0 Å². The van der Waals surface area contributed by atoms with E-state index in [-0.39, 0.29) is 0 Å². The molecule has 0 saturated carbocycles. The molecular formula is C18H18N4O4. The number of amides is 1. The normalized spacial score (nSPS) is 10.7. The van der Waals surface area contributed by atoms with E-state index in [4.69, 9.17) is 10.5 Å². The Kier molecular flexibility index (Phi) is 4.74. The number of pyridine rings is 1. The summed E-state index contributed by atoms with van der Waals surface area (Å²) in [6.07, 6.45) is 3.89. The summed E-state index contributed by atoms with van der Waals surface area (Å²) in [4.78, 5) is 28.4. The van der Waals surface area contributed by atoms with Gasteiger partial charge in [-0.05, 0) is 18.4 Å². The van der Waals surface area contributed by atoms with Gasteiger partial charge in [0.05, 0.1) is 13.3 Å². The van der Waals surface area contributed by atoms with Crippen LogP contribution < -0.4 is 16.0 Å². The molecule has 0 radical (unpaired) electrons. The second-order valence-electron chi connectivity index (χ2n) is 5.64. The van der Waals surface area contributed by atoms with Crippen molar-refractivity contribution in [3.05, 3.63) is 76.1 Å². The van der Waals surface area contributed by atoms with Crippen LogP contribution in [0.5, 0.6) is 11.6 Å². The van der Waals surface area contributed by atoms with Crippen LogP contribution in [0.3, 0.4) is 0 Å². The van der Waals surface area contributed by atoms with Crippen molar-refractivity contribution >= 4 is 5.91 Å². The number of nitrogens with two attached hydrogens (primary N) is 1. The molecule has 0 aliphatic carbocycles. The number of carbonyl (C=O) groups is 1. The van der Waals surface area contributed by atoms with Gasteiger partial charge in [0, 0.05) is 11.8 Å². The monoisotopic (exact) mass is 354 g/mol. The van der Waals surface area contributed by atoms with Crippen LogP contribution in [0.1, 0.15) is 21.6 Å². The van der Waals surface area contributed by atoms with E-state index in [1.807, 2.05) is 30.3 Å². The number of aromatic hydroxyl groups is 1. The maximum absolute atomic E-state index is 12.8. The number of ether oxygens (including phenoxy) is 1. The van der Waals surface area contributed by atoms with E-state index in [2.05, 4.69) is 4.98 Å². The molecule has 0 atom stereocenters. The van der Waals surface area contributed by atoms with Crippen LogP contribution in [0.4, 0.5) is 0 Å². The van der Waals surface area contributed by atoms with Crippen LogP contribution in [-0.2, 0) is 12.8 Å². The Morgan fingerprint density at radius 3 is 2.65 bits per heavy atom. The van der Waals surface area contributed by atoms with Crippen molar-refractivity contribution in [2.75, 3.05) is 7.11 Å². The summed E-state index contributed by atoms with van der Waals surface area (Å²) in [7, 11) is 1.44. The van der Waals surface area contributed by atoms with Crippen molar-refractivity contribution < 1.29 is 14.6 Å². The number of hydrogen-bond acceptors (Lipinski definition) is 5. The Bertz CT molecular complexity index is 992. The molecule has 0 saturated heterocycles. The third kappa shape index (κ3) is 3.16. The first-order valence-electron chi connectivity index (χ1n) is 7.91. The average molecular weight is 354 g/mol. The quantitative estimate of drug-likeness (QED) is 0.684. The first-order chi connectivity index (χ1) is 12.5. The second-order valence-corrected chi connectivity index (χ2v) is 5.64. The third-order valence-electron chi connectivity index (χ3n) is 4.01. The van der Waals surface area contributed by atoms with Crippen molar-refractivity contribution in [3.8, 4) is 11.6 Å². The molecule has 26 heavy (non-hydrogen) atoms. The molecule has 3 rings (SSSR count). The number of primary amides is 1. The number of nitrogens with zero attached hydrogens (tertiary/aromatic N) is 3. The van der Waals surface area contributed by atoms with Gasteiger partial charge in [0.25, 0.3) is 11.5 Å². The van der Waals surface area contributed by atoms with Crippen LogP contribution >= 0.6 is 0 Å². The predicted molar refractivity (Wildman–Crippen MR) is 94.3 cm³/mol. The van der Waals surface area contributed by atoms with Crippen molar-refractivity contribution in [2.45, 2.75) is 12.8 Å². The van der Waals surface area contributed by atoms with E-state index < -0.39 is 22.8 Å². The van der Waals surface area contributed by atoms with Crippen LogP contribution in [0.25, 0.3) is 0 Å². The maximum Gasteiger partial charge on any atom is 0.286 e. The Hall–Kier alpha value is -3.55. The van der Waals surface area contributed by atoms with Crippen LogP contribution in [0.15, 0.2) is 53.7 Å². The predicted octanol–water partition coefficient (Wildman–Crippen LogP) is 0.954. The van der Waals surface area contributed by atoms with Crippen molar-refractivity contribution in [1.82, 2.24) is 14.3 Å². The minimum atomic E-state index is -1.00. The van der Waals surface area contributed by atoms with E-state index in [0.717, 1.165) is 5.56 Å². The summed E-state index contributed by atoms with van der Waals surface area (Å²) >= 11 is 0. The lowest BCUT2D eigenvalue weighted by Gasteiger charge is -2.17.